The highest BCUT2D eigenvalue weighted by Crippen LogP contribution is 2.35. The summed E-state index contributed by atoms with van der Waals surface area (Å²) >= 11 is 0. The number of carbonyl (C=O) groups excluding carboxylic acids is 2. The molecule has 23 heavy (non-hydrogen) atoms. The lowest BCUT2D eigenvalue weighted by molar-refractivity contribution is -0.130. The molecule has 1 aromatic rings. The van der Waals surface area contributed by atoms with E-state index in [1.165, 1.54) is 28.3 Å². The van der Waals surface area contributed by atoms with E-state index in [9.17, 15) is 9.59 Å². The first-order valence-corrected chi connectivity index (χ1v) is 7.36. The molecule has 0 aliphatic carbocycles. The summed E-state index contributed by atoms with van der Waals surface area (Å²) in [4.78, 5) is 27.7. The van der Waals surface area contributed by atoms with Crippen LogP contribution in [0.25, 0.3) is 0 Å². The molecule has 0 N–H and O–H groups in total. The van der Waals surface area contributed by atoms with Crippen LogP contribution >= 0.6 is 0 Å². The Morgan fingerprint density at radius 1 is 0.870 bits per heavy atom. The lowest BCUT2D eigenvalue weighted by Gasteiger charge is -2.34. The maximum absolute atomic E-state index is 12.9. The molecule has 0 saturated carbocycles. The van der Waals surface area contributed by atoms with Crippen molar-refractivity contribution < 1.29 is 23.8 Å². The highest BCUT2D eigenvalue weighted by molar-refractivity contribution is 6.00. The molecule has 7 nitrogen and oxygen atoms in total. The molecule has 1 fully saturated rings. The summed E-state index contributed by atoms with van der Waals surface area (Å²) in [5.41, 5.74) is 0.368. The van der Waals surface area contributed by atoms with Crippen molar-refractivity contribution in [2.75, 3.05) is 47.5 Å². The minimum atomic E-state index is -0.176. The Balaban J connectivity index is 2.27. The molecular weight excluding hydrogens is 300 g/mol. The molecule has 126 valence electrons. The van der Waals surface area contributed by atoms with Gasteiger partial charge >= 0.3 is 0 Å². The van der Waals surface area contributed by atoms with Gasteiger partial charge in [0.1, 0.15) is 22.8 Å². The van der Waals surface area contributed by atoms with Gasteiger partial charge in [-0.3, -0.25) is 9.59 Å². The van der Waals surface area contributed by atoms with Gasteiger partial charge < -0.3 is 24.0 Å². The van der Waals surface area contributed by atoms with Crippen LogP contribution in [-0.4, -0.2) is 69.1 Å². The summed E-state index contributed by atoms with van der Waals surface area (Å²) in [6.07, 6.45) is 0. The summed E-state index contributed by atoms with van der Waals surface area (Å²) in [5.74, 6) is 1.21. The zero-order chi connectivity index (χ0) is 17.0. The Morgan fingerprint density at radius 3 is 1.74 bits per heavy atom. The van der Waals surface area contributed by atoms with Crippen molar-refractivity contribution in [2.45, 2.75) is 6.92 Å². The molecule has 0 aromatic heterocycles. The van der Waals surface area contributed by atoms with Crippen molar-refractivity contribution in [3.8, 4) is 17.2 Å². The topological polar surface area (TPSA) is 68.3 Å². The fourth-order valence-corrected chi connectivity index (χ4v) is 2.60. The molecule has 1 aliphatic heterocycles. The Hall–Kier alpha value is -2.44. The maximum Gasteiger partial charge on any atom is 0.261 e. The first-order chi connectivity index (χ1) is 11.0. The van der Waals surface area contributed by atoms with E-state index in [0.717, 1.165) is 0 Å². The molecule has 7 heteroatoms. The number of methoxy groups -OCH3 is 3. The predicted molar refractivity (Wildman–Crippen MR) is 84.3 cm³/mol. The van der Waals surface area contributed by atoms with Gasteiger partial charge in [-0.05, 0) is 0 Å². The molecule has 0 spiro atoms. The number of piperazine rings is 1. The van der Waals surface area contributed by atoms with Crippen LogP contribution in [0, 0.1) is 0 Å². The molecule has 0 radical (unpaired) electrons. The third-order valence-electron chi connectivity index (χ3n) is 3.94. The minimum Gasteiger partial charge on any atom is -0.496 e. The molecule has 2 rings (SSSR count). The van der Waals surface area contributed by atoms with Gasteiger partial charge in [-0.2, -0.15) is 0 Å². The Bertz CT molecular complexity index is 569. The molecular formula is C16H22N2O5. The molecule has 1 saturated heterocycles. The molecule has 1 heterocycles. The predicted octanol–water partition coefficient (Wildman–Crippen LogP) is 1.02. The SMILES string of the molecule is COc1cc(OC)c(C(=O)N2CCN(C(C)=O)CC2)c(OC)c1. The van der Waals surface area contributed by atoms with Crippen LogP contribution in [0.1, 0.15) is 17.3 Å². The van der Waals surface area contributed by atoms with Crippen LogP contribution in [0.2, 0.25) is 0 Å². The van der Waals surface area contributed by atoms with E-state index >= 15 is 0 Å². The van der Waals surface area contributed by atoms with E-state index in [0.29, 0.717) is 49.0 Å². The number of carbonyl (C=O) groups is 2. The second kappa shape index (κ2) is 7.21. The number of rotatable bonds is 4. The monoisotopic (exact) mass is 322 g/mol. The summed E-state index contributed by atoms with van der Waals surface area (Å²) in [6.45, 7) is 3.56. The van der Waals surface area contributed by atoms with Crippen LogP contribution in [0.15, 0.2) is 12.1 Å². The van der Waals surface area contributed by atoms with Crippen molar-refractivity contribution in [2.24, 2.45) is 0 Å². The number of hydrogen-bond acceptors (Lipinski definition) is 5. The van der Waals surface area contributed by atoms with Crippen LogP contribution in [0.4, 0.5) is 0 Å². The lowest BCUT2D eigenvalue weighted by atomic mass is 10.1. The van der Waals surface area contributed by atoms with Gasteiger partial charge in [-0.15, -0.1) is 0 Å². The van der Waals surface area contributed by atoms with E-state index in [-0.39, 0.29) is 11.8 Å². The van der Waals surface area contributed by atoms with E-state index < -0.39 is 0 Å². The molecule has 1 aliphatic rings. The Morgan fingerprint density at radius 2 is 1.35 bits per heavy atom. The second-order valence-electron chi connectivity index (χ2n) is 5.21. The number of amides is 2. The summed E-state index contributed by atoms with van der Waals surface area (Å²) in [6, 6.07) is 3.31. The average molecular weight is 322 g/mol. The quantitative estimate of drug-likeness (QED) is 0.828. The number of hydrogen-bond donors (Lipinski definition) is 0. The lowest BCUT2D eigenvalue weighted by Crippen LogP contribution is -2.50. The first kappa shape index (κ1) is 16.9. The van der Waals surface area contributed by atoms with Crippen LogP contribution in [0.5, 0.6) is 17.2 Å². The smallest absolute Gasteiger partial charge is 0.261 e. The van der Waals surface area contributed by atoms with E-state index in [4.69, 9.17) is 14.2 Å². The van der Waals surface area contributed by atoms with Gasteiger partial charge in [-0.25, -0.2) is 0 Å². The normalized spacial score (nSPS) is 14.4. The van der Waals surface area contributed by atoms with Gasteiger partial charge in [0.25, 0.3) is 5.91 Å². The largest absolute Gasteiger partial charge is 0.496 e. The van der Waals surface area contributed by atoms with Gasteiger partial charge in [0.15, 0.2) is 0 Å². The highest BCUT2D eigenvalue weighted by Gasteiger charge is 2.28. The first-order valence-electron chi connectivity index (χ1n) is 7.36. The highest BCUT2D eigenvalue weighted by atomic mass is 16.5. The van der Waals surface area contributed by atoms with Gasteiger partial charge in [0.2, 0.25) is 5.91 Å². The third kappa shape index (κ3) is 3.49. The molecule has 0 unspecified atom stereocenters. The standard InChI is InChI=1S/C16H22N2O5/c1-11(19)17-5-7-18(8-6-17)16(20)15-13(22-3)9-12(21-2)10-14(15)23-4/h9-10H,5-8H2,1-4H3. The van der Waals surface area contributed by atoms with Crippen molar-refractivity contribution in [3.63, 3.8) is 0 Å². The second-order valence-corrected chi connectivity index (χ2v) is 5.21. The zero-order valence-corrected chi connectivity index (χ0v) is 13.9. The van der Waals surface area contributed by atoms with E-state index in [2.05, 4.69) is 0 Å². The van der Waals surface area contributed by atoms with Crippen molar-refractivity contribution in [3.05, 3.63) is 17.7 Å². The van der Waals surface area contributed by atoms with Crippen molar-refractivity contribution in [1.82, 2.24) is 9.80 Å². The molecule has 1 aromatic carbocycles. The fourth-order valence-electron chi connectivity index (χ4n) is 2.60. The Labute approximate surface area is 135 Å². The number of ether oxygens (including phenoxy) is 3. The number of benzene rings is 1. The van der Waals surface area contributed by atoms with Gasteiger partial charge in [-0.1, -0.05) is 0 Å². The molecule has 2 amide bonds. The van der Waals surface area contributed by atoms with E-state index in [1.807, 2.05) is 0 Å². The van der Waals surface area contributed by atoms with Gasteiger partial charge in [0, 0.05) is 45.2 Å². The summed E-state index contributed by atoms with van der Waals surface area (Å²) in [7, 11) is 4.54. The van der Waals surface area contributed by atoms with Crippen LogP contribution in [-0.2, 0) is 4.79 Å². The van der Waals surface area contributed by atoms with Crippen LogP contribution < -0.4 is 14.2 Å². The maximum atomic E-state index is 12.9. The third-order valence-corrected chi connectivity index (χ3v) is 3.94. The average Bonchev–Trinajstić information content (AvgIpc) is 2.59. The van der Waals surface area contributed by atoms with E-state index in [1.54, 1.807) is 21.9 Å². The molecule has 0 atom stereocenters. The number of nitrogens with zero attached hydrogens (tertiary/aromatic N) is 2. The minimum absolute atomic E-state index is 0.0247. The van der Waals surface area contributed by atoms with Crippen molar-refractivity contribution in [1.29, 1.82) is 0 Å². The molecule has 0 bridgehead atoms. The van der Waals surface area contributed by atoms with Crippen molar-refractivity contribution >= 4 is 11.8 Å². The van der Waals surface area contributed by atoms with Crippen LogP contribution in [0.3, 0.4) is 0 Å². The van der Waals surface area contributed by atoms with Gasteiger partial charge in [0.05, 0.1) is 21.3 Å². The zero-order valence-electron chi connectivity index (χ0n) is 13.9. The summed E-state index contributed by atoms with van der Waals surface area (Å²) < 4.78 is 15.8. The Kier molecular flexibility index (Phi) is 5.31. The summed E-state index contributed by atoms with van der Waals surface area (Å²) in [5, 5.41) is 0. The fraction of sp³-hybridized carbons (Fsp3) is 0.500.